The van der Waals surface area contributed by atoms with E-state index in [1.54, 1.807) is 0 Å². The van der Waals surface area contributed by atoms with Gasteiger partial charge in [-0.3, -0.25) is 9.89 Å². The quantitative estimate of drug-likeness (QED) is 0.860. The van der Waals surface area contributed by atoms with Gasteiger partial charge in [-0.1, -0.05) is 23.7 Å². The number of carbonyl (C=O) groups excluding carboxylic acids is 1. The number of hydrogen-bond acceptors (Lipinski definition) is 2. The Labute approximate surface area is 104 Å². The van der Waals surface area contributed by atoms with Gasteiger partial charge in [-0.05, 0) is 31.0 Å². The van der Waals surface area contributed by atoms with E-state index < -0.39 is 0 Å². The highest BCUT2D eigenvalue weighted by Gasteiger charge is 2.13. The first-order valence-corrected chi connectivity index (χ1v) is 5.54. The van der Waals surface area contributed by atoms with Gasteiger partial charge in [0, 0.05) is 5.69 Å². The number of halogens is 1. The molecule has 1 aromatic carbocycles. The number of amides is 1. The topological polar surface area (TPSA) is 57.8 Å². The predicted octanol–water partition coefficient (Wildman–Crippen LogP) is 2.93. The van der Waals surface area contributed by atoms with Crippen molar-refractivity contribution in [2.24, 2.45) is 0 Å². The summed E-state index contributed by atoms with van der Waals surface area (Å²) in [5, 5.41) is 9.38. The Hall–Kier alpha value is -1.81. The summed E-state index contributed by atoms with van der Waals surface area (Å²) in [4.78, 5) is 11.9. The van der Waals surface area contributed by atoms with E-state index in [1.807, 2.05) is 32.0 Å². The molecule has 88 valence electrons. The fourth-order valence-electron chi connectivity index (χ4n) is 1.50. The minimum absolute atomic E-state index is 0.271. The number of anilines is 1. The zero-order valence-electron chi connectivity index (χ0n) is 9.54. The molecule has 0 saturated heterocycles. The minimum atomic E-state index is -0.291. The van der Waals surface area contributed by atoms with Gasteiger partial charge < -0.3 is 5.32 Å². The molecule has 4 nitrogen and oxygen atoms in total. The molecule has 5 heteroatoms. The molecule has 0 aliphatic rings. The lowest BCUT2D eigenvalue weighted by Gasteiger charge is -2.09. The minimum Gasteiger partial charge on any atom is -0.320 e. The molecular weight excluding hydrogens is 238 g/mol. The molecule has 0 aliphatic heterocycles. The summed E-state index contributed by atoms with van der Waals surface area (Å²) in [6, 6.07) is 5.74. The summed E-state index contributed by atoms with van der Waals surface area (Å²) in [6.45, 7) is 3.95. The van der Waals surface area contributed by atoms with Crippen LogP contribution in [0.1, 0.15) is 21.6 Å². The van der Waals surface area contributed by atoms with E-state index in [2.05, 4.69) is 15.5 Å². The summed E-state index contributed by atoms with van der Waals surface area (Å²) in [6.07, 6.45) is 1.40. The van der Waals surface area contributed by atoms with E-state index in [0.717, 1.165) is 16.8 Å². The molecule has 1 amide bonds. The van der Waals surface area contributed by atoms with Crippen molar-refractivity contribution < 1.29 is 4.79 Å². The SMILES string of the molecule is Cc1cccc(NC(=O)c2[nH]ncc2Cl)c1C. The molecule has 0 aliphatic carbocycles. The van der Waals surface area contributed by atoms with Crippen LogP contribution in [-0.2, 0) is 0 Å². The molecule has 0 fully saturated rings. The number of aromatic nitrogens is 2. The van der Waals surface area contributed by atoms with E-state index in [9.17, 15) is 4.79 Å². The second-order valence-corrected chi connectivity index (χ2v) is 4.20. The molecule has 0 spiro atoms. The van der Waals surface area contributed by atoms with E-state index in [-0.39, 0.29) is 11.6 Å². The van der Waals surface area contributed by atoms with Crippen LogP contribution in [0.2, 0.25) is 5.02 Å². The number of benzene rings is 1. The van der Waals surface area contributed by atoms with Gasteiger partial charge in [0.15, 0.2) is 0 Å². The summed E-state index contributed by atoms with van der Waals surface area (Å²) in [5.41, 5.74) is 3.21. The molecule has 0 unspecified atom stereocenters. The van der Waals surface area contributed by atoms with Crippen LogP contribution in [0.3, 0.4) is 0 Å². The Balaban J connectivity index is 2.25. The van der Waals surface area contributed by atoms with Gasteiger partial charge in [0.2, 0.25) is 0 Å². The third-order valence-corrected chi connectivity index (χ3v) is 2.96. The van der Waals surface area contributed by atoms with Crippen molar-refractivity contribution in [2.75, 3.05) is 5.32 Å². The second-order valence-electron chi connectivity index (χ2n) is 3.79. The number of hydrogen-bond donors (Lipinski definition) is 2. The van der Waals surface area contributed by atoms with Crippen LogP contribution in [0.15, 0.2) is 24.4 Å². The van der Waals surface area contributed by atoms with Gasteiger partial charge in [0.1, 0.15) is 5.69 Å². The number of aromatic amines is 1. The van der Waals surface area contributed by atoms with Crippen LogP contribution in [0, 0.1) is 13.8 Å². The van der Waals surface area contributed by atoms with E-state index in [4.69, 9.17) is 11.6 Å². The van der Waals surface area contributed by atoms with Crippen LogP contribution in [0.4, 0.5) is 5.69 Å². The van der Waals surface area contributed by atoms with Gasteiger partial charge in [0.25, 0.3) is 5.91 Å². The largest absolute Gasteiger partial charge is 0.320 e. The Morgan fingerprint density at radius 3 is 2.82 bits per heavy atom. The van der Waals surface area contributed by atoms with Crippen molar-refractivity contribution in [2.45, 2.75) is 13.8 Å². The normalized spacial score (nSPS) is 10.3. The van der Waals surface area contributed by atoms with Gasteiger partial charge in [-0.25, -0.2) is 0 Å². The lowest BCUT2D eigenvalue weighted by Crippen LogP contribution is -2.14. The maximum Gasteiger partial charge on any atom is 0.275 e. The summed E-state index contributed by atoms with van der Waals surface area (Å²) in [5.74, 6) is -0.291. The highest BCUT2D eigenvalue weighted by Crippen LogP contribution is 2.20. The van der Waals surface area contributed by atoms with E-state index in [0.29, 0.717) is 5.02 Å². The molecule has 0 radical (unpaired) electrons. The van der Waals surface area contributed by atoms with Gasteiger partial charge >= 0.3 is 0 Å². The average molecular weight is 250 g/mol. The first-order chi connectivity index (χ1) is 8.09. The number of nitrogens with one attached hydrogen (secondary N) is 2. The van der Waals surface area contributed by atoms with E-state index >= 15 is 0 Å². The van der Waals surface area contributed by atoms with Crippen molar-refractivity contribution >= 4 is 23.2 Å². The van der Waals surface area contributed by atoms with Crippen molar-refractivity contribution in [3.8, 4) is 0 Å². The maximum atomic E-state index is 11.9. The highest BCUT2D eigenvalue weighted by atomic mass is 35.5. The molecule has 0 bridgehead atoms. The van der Waals surface area contributed by atoms with Crippen molar-refractivity contribution in [3.05, 3.63) is 46.2 Å². The van der Waals surface area contributed by atoms with Crippen LogP contribution in [-0.4, -0.2) is 16.1 Å². The van der Waals surface area contributed by atoms with Crippen LogP contribution in [0.25, 0.3) is 0 Å². The van der Waals surface area contributed by atoms with Crippen molar-refractivity contribution in [1.29, 1.82) is 0 Å². The van der Waals surface area contributed by atoms with Crippen LogP contribution < -0.4 is 5.32 Å². The molecule has 0 saturated carbocycles. The van der Waals surface area contributed by atoms with Crippen molar-refractivity contribution in [3.63, 3.8) is 0 Å². The predicted molar refractivity (Wildman–Crippen MR) is 67.5 cm³/mol. The fraction of sp³-hybridized carbons (Fsp3) is 0.167. The first-order valence-electron chi connectivity index (χ1n) is 5.16. The molecule has 17 heavy (non-hydrogen) atoms. The number of rotatable bonds is 2. The third kappa shape index (κ3) is 2.31. The highest BCUT2D eigenvalue weighted by molar-refractivity contribution is 6.34. The lowest BCUT2D eigenvalue weighted by molar-refractivity contribution is 0.102. The Bertz CT molecular complexity index is 563. The zero-order valence-corrected chi connectivity index (χ0v) is 10.3. The van der Waals surface area contributed by atoms with Crippen molar-refractivity contribution in [1.82, 2.24) is 10.2 Å². The Morgan fingerprint density at radius 2 is 2.18 bits per heavy atom. The summed E-state index contributed by atoms with van der Waals surface area (Å²) >= 11 is 5.82. The maximum absolute atomic E-state index is 11.9. The lowest BCUT2D eigenvalue weighted by atomic mass is 10.1. The molecule has 2 rings (SSSR count). The average Bonchev–Trinajstić information content (AvgIpc) is 2.71. The standard InChI is InChI=1S/C12H12ClN3O/c1-7-4-3-5-10(8(7)2)15-12(17)11-9(13)6-14-16-11/h3-6H,1-2H3,(H,14,16)(H,15,17). The molecule has 2 aromatic rings. The van der Waals surface area contributed by atoms with Crippen LogP contribution in [0.5, 0.6) is 0 Å². The molecule has 1 heterocycles. The van der Waals surface area contributed by atoms with Crippen LogP contribution >= 0.6 is 11.6 Å². The smallest absolute Gasteiger partial charge is 0.275 e. The molecule has 2 N–H and O–H groups in total. The fourth-order valence-corrected chi connectivity index (χ4v) is 1.68. The summed E-state index contributed by atoms with van der Waals surface area (Å²) in [7, 11) is 0. The van der Waals surface area contributed by atoms with Gasteiger partial charge in [-0.2, -0.15) is 5.10 Å². The summed E-state index contributed by atoms with van der Waals surface area (Å²) < 4.78 is 0. The Kier molecular flexibility index (Phi) is 3.15. The number of nitrogens with zero attached hydrogens (tertiary/aromatic N) is 1. The molecule has 1 aromatic heterocycles. The van der Waals surface area contributed by atoms with E-state index in [1.165, 1.54) is 6.20 Å². The van der Waals surface area contributed by atoms with Gasteiger partial charge in [0.05, 0.1) is 11.2 Å². The molecule has 0 atom stereocenters. The third-order valence-electron chi connectivity index (χ3n) is 2.67. The number of carbonyl (C=O) groups is 1. The second kappa shape index (κ2) is 4.59. The first kappa shape index (κ1) is 11.7. The zero-order chi connectivity index (χ0) is 12.4. The monoisotopic (exact) mass is 249 g/mol. The molecular formula is C12H12ClN3O. The number of aryl methyl sites for hydroxylation is 1. The number of H-pyrrole nitrogens is 1. The van der Waals surface area contributed by atoms with Gasteiger partial charge in [-0.15, -0.1) is 0 Å². The Morgan fingerprint density at radius 1 is 1.41 bits per heavy atom.